The smallest absolute Gasteiger partial charge is 0.114 e. The summed E-state index contributed by atoms with van der Waals surface area (Å²) in [5, 5.41) is 28.8. The predicted molar refractivity (Wildman–Crippen MR) is 127 cm³/mol. The lowest BCUT2D eigenvalue weighted by Gasteiger charge is -2.24. The molecule has 5 heteroatoms. The van der Waals surface area contributed by atoms with Crippen LogP contribution in [0.5, 0.6) is 0 Å². The molecule has 3 N–H and O–H groups in total. The van der Waals surface area contributed by atoms with Crippen molar-refractivity contribution in [2.24, 2.45) is 0 Å². The van der Waals surface area contributed by atoms with Crippen LogP contribution in [0.1, 0.15) is 109 Å². The van der Waals surface area contributed by atoms with Gasteiger partial charge in [0.05, 0.1) is 13.2 Å². The molecule has 4 atom stereocenters. The van der Waals surface area contributed by atoms with E-state index in [-0.39, 0.29) is 13.2 Å². The first-order chi connectivity index (χ1) is 15.2. The van der Waals surface area contributed by atoms with E-state index in [4.69, 9.17) is 9.47 Å². The summed E-state index contributed by atoms with van der Waals surface area (Å²) in [6.45, 7) is 4.22. The van der Waals surface area contributed by atoms with E-state index in [9.17, 15) is 15.3 Å². The minimum atomic E-state index is -0.977. The molecule has 1 heterocycles. The van der Waals surface area contributed by atoms with Crippen molar-refractivity contribution in [3.05, 3.63) is 12.7 Å². The van der Waals surface area contributed by atoms with E-state index in [1.165, 1.54) is 96.3 Å². The van der Waals surface area contributed by atoms with Crippen LogP contribution in [0.2, 0.25) is 0 Å². The summed E-state index contributed by atoms with van der Waals surface area (Å²) in [7, 11) is 0. The molecular formula is C26H50O5. The molecule has 31 heavy (non-hydrogen) atoms. The first-order valence-electron chi connectivity index (χ1n) is 13.0. The molecule has 184 valence electrons. The maximum Gasteiger partial charge on any atom is 0.114 e. The van der Waals surface area contributed by atoms with E-state index in [0.29, 0.717) is 6.61 Å². The minimum absolute atomic E-state index is 0.0996. The summed E-state index contributed by atoms with van der Waals surface area (Å²) in [5.41, 5.74) is 0. The summed E-state index contributed by atoms with van der Waals surface area (Å²) in [5.74, 6) is 0. The summed E-state index contributed by atoms with van der Waals surface area (Å²) >= 11 is 0. The van der Waals surface area contributed by atoms with Gasteiger partial charge in [-0.15, -0.1) is 6.58 Å². The number of aliphatic hydroxyl groups is 3. The van der Waals surface area contributed by atoms with Gasteiger partial charge in [-0.1, -0.05) is 96.0 Å². The molecule has 0 unspecified atom stereocenters. The topological polar surface area (TPSA) is 79.2 Å². The van der Waals surface area contributed by atoms with Crippen LogP contribution in [-0.2, 0) is 9.47 Å². The molecule has 1 aliphatic rings. The molecule has 0 aromatic heterocycles. The Hall–Kier alpha value is -0.460. The molecule has 5 nitrogen and oxygen atoms in total. The van der Waals surface area contributed by atoms with Gasteiger partial charge in [-0.2, -0.15) is 0 Å². The highest BCUT2D eigenvalue weighted by Gasteiger charge is 2.40. The Kier molecular flexibility index (Phi) is 18.6. The zero-order chi connectivity index (χ0) is 22.6. The number of aliphatic hydroxyl groups excluding tert-OH is 3. The molecule has 0 aromatic rings. The molecule has 1 aliphatic heterocycles. The van der Waals surface area contributed by atoms with Crippen molar-refractivity contribution in [3.63, 3.8) is 0 Å². The van der Waals surface area contributed by atoms with Gasteiger partial charge in [0.15, 0.2) is 0 Å². The van der Waals surface area contributed by atoms with E-state index in [1.807, 2.05) is 6.08 Å². The molecule has 1 rings (SSSR count). The molecule has 0 aromatic carbocycles. The maximum absolute atomic E-state index is 9.85. The van der Waals surface area contributed by atoms with Gasteiger partial charge in [-0.05, 0) is 19.3 Å². The van der Waals surface area contributed by atoms with E-state index >= 15 is 0 Å². The van der Waals surface area contributed by atoms with Crippen molar-refractivity contribution >= 4 is 0 Å². The first-order valence-corrected chi connectivity index (χ1v) is 13.0. The average molecular weight is 443 g/mol. The van der Waals surface area contributed by atoms with Crippen LogP contribution < -0.4 is 0 Å². The minimum Gasteiger partial charge on any atom is -0.394 e. The molecule has 0 radical (unpaired) electrons. The average Bonchev–Trinajstić information content (AvgIpc) is 3.11. The summed E-state index contributed by atoms with van der Waals surface area (Å²) < 4.78 is 11.0. The van der Waals surface area contributed by atoms with E-state index in [2.05, 4.69) is 6.58 Å². The maximum atomic E-state index is 9.85. The van der Waals surface area contributed by atoms with Crippen LogP contribution in [0.3, 0.4) is 0 Å². The van der Waals surface area contributed by atoms with E-state index in [1.54, 1.807) is 0 Å². The van der Waals surface area contributed by atoms with Gasteiger partial charge in [0, 0.05) is 6.61 Å². The Labute approximate surface area is 191 Å². The normalized spacial score (nSPS) is 22.1. The highest BCUT2D eigenvalue weighted by atomic mass is 16.6. The van der Waals surface area contributed by atoms with Gasteiger partial charge in [0.1, 0.15) is 24.4 Å². The highest BCUT2D eigenvalue weighted by molar-refractivity contribution is 4.88. The van der Waals surface area contributed by atoms with E-state index < -0.39 is 24.4 Å². The van der Waals surface area contributed by atoms with Crippen LogP contribution in [0.25, 0.3) is 0 Å². The van der Waals surface area contributed by atoms with Crippen molar-refractivity contribution in [1.29, 1.82) is 0 Å². The molecule has 0 saturated carbocycles. The van der Waals surface area contributed by atoms with Gasteiger partial charge < -0.3 is 24.8 Å². The lowest BCUT2D eigenvalue weighted by atomic mass is 10.0. The van der Waals surface area contributed by atoms with Gasteiger partial charge in [0.2, 0.25) is 0 Å². The molecule has 1 fully saturated rings. The van der Waals surface area contributed by atoms with Crippen molar-refractivity contribution in [3.8, 4) is 0 Å². The van der Waals surface area contributed by atoms with Gasteiger partial charge in [0.25, 0.3) is 0 Å². The van der Waals surface area contributed by atoms with Crippen molar-refractivity contribution in [2.75, 3.05) is 19.8 Å². The number of hydrogen-bond donors (Lipinski definition) is 3. The van der Waals surface area contributed by atoms with Crippen LogP contribution in [-0.4, -0.2) is 59.6 Å². The third-order valence-corrected chi connectivity index (χ3v) is 6.37. The van der Waals surface area contributed by atoms with E-state index in [0.717, 1.165) is 12.8 Å². The van der Waals surface area contributed by atoms with Crippen LogP contribution >= 0.6 is 0 Å². The zero-order valence-corrected chi connectivity index (χ0v) is 19.9. The van der Waals surface area contributed by atoms with Crippen molar-refractivity contribution in [1.82, 2.24) is 0 Å². The zero-order valence-electron chi connectivity index (χ0n) is 19.9. The number of rotatable bonds is 22. The summed E-state index contributed by atoms with van der Waals surface area (Å²) in [6.07, 6.45) is 21.3. The molecule has 0 amide bonds. The first kappa shape index (κ1) is 28.6. The largest absolute Gasteiger partial charge is 0.394 e. The van der Waals surface area contributed by atoms with Gasteiger partial charge >= 0.3 is 0 Å². The summed E-state index contributed by atoms with van der Waals surface area (Å²) in [4.78, 5) is 0. The second-order valence-electron chi connectivity index (χ2n) is 9.18. The number of allylic oxidation sites excluding steroid dienone is 1. The van der Waals surface area contributed by atoms with Crippen molar-refractivity contribution in [2.45, 2.75) is 134 Å². The Balaban J connectivity index is 1.78. The SMILES string of the molecule is C=CCCCCCCCCCCCCCCCCCCO[C@H](CO)[C@H]1OC[C@H](O)[C@H]1O. The fraction of sp³-hybridized carbons (Fsp3) is 0.923. The molecule has 0 spiro atoms. The summed E-state index contributed by atoms with van der Waals surface area (Å²) in [6, 6.07) is 0. The quantitative estimate of drug-likeness (QED) is 0.157. The second-order valence-corrected chi connectivity index (χ2v) is 9.18. The number of ether oxygens (including phenoxy) is 2. The molecule has 0 aliphatic carbocycles. The molecule has 1 saturated heterocycles. The Bertz CT molecular complexity index is 403. The highest BCUT2D eigenvalue weighted by Crippen LogP contribution is 2.20. The standard InChI is InChI=1S/C26H50O5/c1-2-3-4-5-6-7-8-9-10-11-12-13-14-15-16-17-18-19-20-30-24(21-27)26-25(29)23(28)22-31-26/h2,23-29H,1,3-22H2/t23-,24+,25+,26+/m0/s1. The van der Waals surface area contributed by atoms with Crippen molar-refractivity contribution < 1.29 is 24.8 Å². The Morgan fingerprint density at radius 1 is 0.774 bits per heavy atom. The third-order valence-electron chi connectivity index (χ3n) is 6.37. The van der Waals surface area contributed by atoms with Crippen LogP contribution in [0.15, 0.2) is 12.7 Å². The van der Waals surface area contributed by atoms with Crippen LogP contribution in [0, 0.1) is 0 Å². The Morgan fingerprint density at radius 2 is 1.23 bits per heavy atom. The van der Waals surface area contributed by atoms with Gasteiger partial charge in [-0.25, -0.2) is 0 Å². The Morgan fingerprint density at radius 3 is 1.61 bits per heavy atom. The second kappa shape index (κ2) is 20.2. The third kappa shape index (κ3) is 14.3. The predicted octanol–water partition coefficient (Wildman–Crippen LogP) is 5.30. The van der Waals surface area contributed by atoms with Gasteiger partial charge in [-0.3, -0.25) is 0 Å². The molecular weight excluding hydrogens is 392 g/mol. The number of unbranched alkanes of at least 4 members (excludes halogenated alkanes) is 16. The lowest BCUT2D eigenvalue weighted by molar-refractivity contribution is -0.101. The van der Waals surface area contributed by atoms with Crippen LogP contribution in [0.4, 0.5) is 0 Å². The fourth-order valence-corrected chi connectivity index (χ4v) is 4.30. The monoisotopic (exact) mass is 442 g/mol. The number of hydrogen-bond acceptors (Lipinski definition) is 5. The fourth-order valence-electron chi connectivity index (χ4n) is 4.30. The lowest BCUT2D eigenvalue weighted by Crippen LogP contribution is -2.42. The molecule has 0 bridgehead atoms.